The number of imidazole rings is 1. The summed E-state index contributed by atoms with van der Waals surface area (Å²) in [6.07, 6.45) is 0. The summed E-state index contributed by atoms with van der Waals surface area (Å²) >= 11 is 1.52. The Labute approximate surface area is 120 Å². The predicted molar refractivity (Wildman–Crippen MR) is 79.2 cm³/mol. The first-order valence-electron chi connectivity index (χ1n) is 6.41. The highest BCUT2D eigenvalue weighted by atomic mass is 32.1. The minimum Gasteiger partial charge on any atom is -0.461 e. The van der Waals surface area contributed by atoms with Gasteiger partial charge in [0.05, 0.1) is 6.61 Å². The fourth-order valence-electron chi connectivity index (χ4n) is 2.18. The standard InChI is InChI=1S/C15H14N2O2S/c1-3-19-14(18)13-12(11-7-5-4-6-8-11)16-15-17(13)10(2)9-20-15/h4-9H,3H2,1-2H3. The molecule has 0 fully saturated rings. The molecule has 0 aliphatic heterocycles. The summed E-state index contributed by atoms with van der Waals surface area (Å²) < 4.78 is 7.05. The zero-order valence-corrected chi connectivity index (χ0v) is 12.1. The van der Waals surface area contributed by atoms with Crippen LogP contribution in [-0.4, -0.2) is 22.0 Å². The maximum atomic E-state index is 12.3. The van der Waals surface area contributed by atoms with Crippen LogP contribution in [0.15, 0.2) is 35.7 Å². The molecular formula is C15H14N2O2S. The number of esters is 1. The maximum absolute atomic E-state index is 12.3. The fraction of sp³-hybridized carbons (Fsp3) is 0.200. The molecule has 3 rings (SSSR count). The van der Waals surface area contributed by atoms with E-state index in [1.54, 1.807) is 6.92 Å². The van der Waals surface area contributed by atoms with Gasteiger partial charge in [0, 0.05) is 16.6 Å². The monoisotopic (exact) mass is 286 g/mol. The number of carbonyl (C=O) groups is 1. The molecule has 0 radical (unpaired) electrons. The Kier molecular flexibility index (Phi) is 3.28. The topological polar surface area (TPSA) is 43.6 Å². The van der Waals surface area contributed by atoms with E-state index in [2.05, 4.69) is 4.98 Å². The van der Waals surface area contributed by atoms with Gasteiger partial charge in [0.2, 0.25) is 0 Å². The Balaban J connectivity index is 2.26. The van der Waals surface area contributed by atoms with Gasteiger partial charge >= 0.3 is 5.97 Å². The summed E-state index contributed by atoms with van der Waals surface area (Å²) in [6.45, 7) is 4.12. The number of fused-ring (bicyclic) bond motifs is 1. The van der Waals surface area contributed by atoms with Gasteiger partial charge in [-0.1, -0.05) is 30.3 Å². The number of rotatable bonds is 3. The molecule has 0 aliphatic rings. The minimum atomic E-state index is -0.333. The van der Waals surface area contributed by atoms with E-state index in [0.29, 0.717) is 18.0 Å². The summed E-state index contributed by atoms with van der Waals surface area (Å²) in [5, 5.41) is 1.99. The van der Waals surface area contributed by atoms with Gasteiger partial charge in [-0.05, 0) is 13.8 Å². The predicted octanol–water partition coefficient (Wildman–Crippen LogP) is 3.55. The van der Waals surface area contributed by atoms with Crippen LogP contribution in [-0.2, 0) is 4.74 Å². The third kappa shape index (κ3) is 2.00. The summed E-state index contributed by atoms with van der Waals surface area (Å²) in [5.41, 5.74) is 3.10. The molecule has 0 aliphatic carbocycles. The Morgan fingerprint density at radius 1 is 1.35 bits per heavy atom. The van der Waals surface area contributed by atoms with Gasteiger partial charge in [0.15, 0.2) is 10.7 Å². The summed E-state index contributed by atoms with van der Waals surface area (Å²) in [4.78, 5) is 17.7. The average Bonchev–Trinajstić information content (AvgIpc) is 3.00. The van der Waals surface area contributed by atoms with E-state index in [9.17, 15) is 4.79 Å². The first-order chi connectivity index (χ1) is 9.72. The molecular weight excluding hydrogens is 272 g/mol. The van der Waals surface area contributed by atoms with Crippen molar-refractivity contribution in [1.29, 1.82) is 0 Å². The number of hydrogen-bond acceptors (Lipinski definition) is 4. The maximum Gasteiger partial charge on any atom is 0.357 e. The van der Waals surface area contributed by atoms with Gasteiger partial charge in [-0.15, -0.1) is 11.3 Å². The zero-order chi connectivity index (χ0) is 14.1. The SMILES string of the molecule is CCOC(=O)c1c(-c2ccccc2)nc2scc(C)n12. The van der Waals surface area contributed by atoms with E-state index in [-0.39, 0.29) is 5.97 Å². The van der Waals surface area contributed by atoms with Gasteiger partial charge in [0.25, 0.3) is 0 Å². The van der Waals surface area contributed by atoms with Crippen LogP contribution in [0, 0.1) is 6.92 Å². The highest BCUT2D eigenvalue weighted by Gasteiger charge is 2.23. The highest BCUT2D eigenvalue weighted by Crippen LogP contribution is 2.28. The lowest BCUT2D eigenvalue weighted by molar-refractivity contribution is 0.0519. The zero-order valence-electron chi connectivity index (χ0n) is 11.3. The van der Waals surface area contributed by atoms with Crippen molar-refractivity contribution in [3.05, 3.63) is 47.1 Å². The molecule has 2 aromatic heterocycles. The lowest BCUT2D eigenvalue weighted by Gasteiger charge is -2.05. The number of ether oxygens (including phenoxy) is 1. The Morgan fingerprint density at radius 2 is 2.10 bits per heavy atom. The van der Waals surface area contributed by atoms with Crippen molar-refractivity contribution in [3.63, 3.8) is 0 Å². The van der Waals surface area contributed by atoms with E-state index < -0.39 is 0 Å². The number of carbonyl (C=O) groups excluding carboxylic acids is 1. The summed E-state index contributed by atoms with van der Waals surface area (Å²) in [7, 11) is 0. The molecule has 0 spiro atoms. The normalized spacial score (nSPS) is 10.9. The van der Waals surface area contributed by atoms with E-state index in [4.69, 9.17) is 4.74 Å². The van der Waals surface area contributed by atoms with E-state index in [1.165, 1.54) is 11.3 Å². The van der Waals surface area contributed by atoms with Crippen LogP contribution in [0.25, 0.3) is 16.2 Å². The van der Waals surface area contributed by atoms with Gasteiger partial charge in [-0.3, -0.25) is 4.40 Å². The Bertz CT molecular complexity index is 759. The smallest absolute Gasteiger partial charge is 0.357 e. The lowest BCUT2D eigenvalue weighted by Crippen LogP contribution is -2.09. The number of nitrogens with zero attached hydrogens (tertiary/aromatic N) is 2. The van der Waals surface area contributed by atoms with E-state index in [0.717, 1.165) is 16.2 Å². The molecule has 0 saturated heterocycles. The Morgan fingerprint density at radius 3 is 2.80 bits per heavy atom. The number of thiazole rings is 1. The lowest BCUT2D eigenvalue weighted by atomic mass is 10.1. The molecule has 0 amide bonds. The number of aromatic nitrogens is 2. The van der Waals surface area contributed by atoms with E-state index in [1.807, 2.05) is 47.0 Å². The van der Waals surface area contributed by atoms with Gasteiger partial charge < -0.3 is 4.74 Å². The second-order valence-electron chi connectivity index (χ2n) is 4.39. The van der Waals surface area contributed by atoms with Crippen molar-refractivity contribution >= 4 is 22.3 Å². The molecule has 0 saturated carbocycles. The number of aryl methyl sites for hydroxylation is 1. The average molecular weight is 286 g/mol. The van der Waals surface area contributed by atoms with Crippen molar-refractivity contribution in [2.24, 2.45) is 0 Å². The number of benzene rings is 1. The van der Waals surface area contributed by atoms with Crippen LogP contribution in [0.1, 0.15) is 23.1 Å². The van der Waals surface area contributed by atoms with Gasteiger partial charge in [0.1, 0.15) is 5.69 Å². The molecule has 3 aromatic rings. The van der Waals surface area contributed by atoms with E-state index >= 15 is 0 Å². The third-order valence-corrected chi connectivity index (χ3v) is 3.99. The molecule has 5 heteroatoms. The first kappa shape index (κ1) is 12.9. The molecule has 1 aromatic carbocycles. The van der Waals surface area contributed by atoms with Gasteiger partial charge in [-0.25, -0.2) is 9.78 Å². The summed E-state index contributed by atoms with van der Waals surface area (Å²) in [6, 6.07) is 9.71. The van der Waals surface area contributed by atoms with Crippen molar-refractivity contribution < 1.29 is 9.53 Å². The van der Waals surface area contributed by atoms with Crippen LogP contribution in [0.5, 0.6) is 0 Å². The molecule has 0 N–H and O–H groups in total. The summed E-state index contributed by atoms with van der Waals surface area (Å²) in [5.74, 6) is -0.333. The largest absolute Gasteiger partial charge is 0.461 e. The molecule has 0 bridgehead atoms. The molecule has 0 atom stereocenters. The van der Waals surface area contributed by atoms with Crippen LogP contribution >= 0.6 is 11.3 Å². The Hall–Kier alpha value is -2.14. The second kappa shape index (κ2) is 5.09. The van der Waals surface area contributed by atoms with Crippen LogP contribution in [0.4, 0.5) is 0 Å². The second-order valence-corrected chi connectivity index (χ2v) is 5.23. The third-order valence-electron chi connectivity index (χ3n) is 3.05. The minimum absolute atomic E-state index is 0.333. The van der Waals surface area contributed by atoms with Crippen molar-refractivity contribution in [2.75, 3.05) is 6.61 Å². The van der Waals surface area contributed by atoms with Gasteiger partial charge in [-0.2, -0.15) is 0 Å². The first-order valence-corrected chi connectivity index (χ1v) is 7.29. The quantitative estimate of drug-likeness (QED) is 0.692. The van der Waals surface area contributed by atoms with Crippen LogP contribution in [0.3, 0.4) is 0 Å². The number of hydrogen-bond donors (Lipinski definition) is 0. The molecule has 102 valence electrons. The molecule has 4 nitrogen and oxygen atoms in total. The highest BCUT2D eigenvalue weighted by molar-refractivity contribution is 7.15. The molecule has 2 heterocycles. The van der Waals surface area contributed by atoms with Crippen LogP contribution in [0.2, 0.25) is 0 Å². The molecule has 20 heavy (non-hydrogen) atoms. The van der Waals surface area contributed by atoms with Crippen molar-refractivity contribution in [1.82, 2.24) is 9.38 Å². The van der Waals surface area contributed by atoms with Crippen molar-refractivity contribution in [3.8, 4) is 11.3 Å². The fourth-order valence-corrected chi connectivity index (χ4v) is 3.05. The molecule has 0 unspecified atom stereocenters. The van der Waals surface area contributed by atoms with Crippen LogP contribution < -0.4 is 0 Å². The van der Waals surface area contributed by atoms with Crippen molar-refractivity contribution in [2.45, 2.75) is 13.8 Å².